The van der Waals surface area contributed by atoms with Crippen molar-refractivity contribution < 1.29 is 9.18 Å². The van der Waals surface area contributed by atoms with Crippen LogP contribution < -0.4 is 5.32 Å². The van der Waals surface area contributed by atoms with Gasteiger partial charge in [0.15, 0.2) is 0 Å². The Balaban J connectivity index is 1.79. The fraction of sp³-hybridized carbons (Fsp3) is 0.261. The Labute approximate surface area is 170 Å². The van der Waals surface area contributed by atoms with Gasteiger partial charge in [0.1, 0.15) is 18.0 Å². The maximum absolute atomic E-state index is 13.1. The molecular formula is C23H25FN4O. The SMILES string of the molecule is CCCN(CCC)C(=O)c1cccc(Nc2cc(-c3ccc(F)cc3)ncn2)c1. The van der Waals surface area contributed by atoms with Crippen LogP contribution in [-0.2, 0) is 0 Å². The number of carbonyl (C=O) groups is 1. The number of nitrogens with zero attached hydrogens (tertiary/aromatic N) is 3. The van der Waals surface area contributed by atoms with E-state index in [1.807, 2.05) is 29.2 Å². The van der Waals surface area contributed by atoms with Gasteiger partial charge in [-0.25, -0.2) is 14.4 Å². The van der Waals surface area contributed by atoms with Crippen molar-refractivity contribution in [2.75, 3.05) is 18.4 Å². The number of hydrogen-bond donors (Lipinski definition) is 1. The van der Waals surface area contributed by atoms with Crippen molar-refractivity contribution in [1.29, 1.82) is 0 Å². The summed E-state index contributed by atoms with van der Waals surface area (Å²) < 4.78 is 13.1. The second kappa shape index (κ2) is 9.78. The normalized spacial score (nSPS) is 10.6. The minimum Gasteiger partial charge on any atom is -0.340 e. The molecule has 3 aromatic rings. The standard InChI is InChI=1S/C23H25FN4O/c1-3-12-28(13-4-2)23(29)18-6-5-7-20(14-18)27-22-15-21(25-16-26-22)17-8-10-19(24)11-9-17/h5-11,14-16H,3-4,12-13H2,1-2H3,(H,25,26,27). The molecule has 1 heterocycles. The first kappa shape index (κ1) is 20.5. The molecule has 0 fully saturated rings. The molecule has 3 rings (SSSR count). The molecular weight excluding hydrogens is 367 g/mol. The summed E-state index contributed by atoms with van der Waals surface area (Å²) in [7, 11) is 0. The summed E-state index contributed by atoms with van der Waals surface area (Å²) in [5.74, 6) is 0.345. The van der Waals surface area contributed by atoms with Gasteiger partial charge in [-0.3, -0.25) is 4.79 Å². The van der Waals surface area contributed by atoms with E-state index in [4.69, 9.17) is 0 Å². The summed E-state index contributed by atoms with van der Waals surface area (Å²) in [5.41, 5.74) is 2.90. The van der Waals surface area contributed by atoms with Crippen LogP contribution >= 0.6 is 0 Å². The average molecular weight is 392 g/mol. The quantitative estimate of drug-likeness (QED) is 0.566. The van der Waals surface area contributed by atoms with Gasteiger partial charge in [0.25, 0.3) is 5.91 Å². The molecule has 0 aliphatic carbocycles. The molecule has 29 heavy (non-hydrogen) atoms. The lowest BCUT2D eigenvalue weighted by molar-refractivity contribution is 0.0755. The summed E-state index contributed by atoms with van der Waals surface area (Å²) in [4.78, 5) is 23.2. The predicted molar refractivity (Wildman–Crippen MR) is 114 cm³/mol. The highest BCUT2D eigenvalue weighted by atomic mass is 19.1. The maximum atomic E-state index is 13.1. The number of nitrogens with one attached hydrogen (secondary N) is 1. The van der Waals surface area contributed by atoms with Gasteiger partial charge >= 0.3 is 0 Å². The number of aromatic nitrogens is 2. The lowest BCUT2D eigenvalue weighted by Gasteiger charge is -2.21. The fourth-order valence-electron chi connectivity index (χ4n) is 3.12. The summed E-state index contributed by atoms with van der Waals surface area (Å²) in [6.45, 7) is 5.64. The highest BCUT2D eigenvalue weighted by Crippen LogP contribution is 2.22. The monoisotopic (exact) mass is 392 g/mol. The Kier molecular flexibility index (Phi) is 6.89. The molecule has 5 nitrogen and oxygen atoms in total. The molecule has 0 saturated heterocycles. The molecule has 0 aliphatic rings. The molecule has 0 bridgehead atoms. The lowest BCUT2D eigenvalue weighted by atomic mass is 10.1. The number of benzene rings is 2. The molecule has 150 valence electrons. The van der Waals surface area contributed by atoms with E-state index in [0.717, 1.165) is 37.2 Å². The second-order valence-electron chi connectivity index (χ2n) is 6.79. The zero-order chi connectivity index (χ0) is 20.6. The Hall–Kier alpha value is -3.28. The minimum absolute atomic E-state index is 0.0343. The predicted octanol–water partition coefficient (Wildman–Crippen LogP) is 5.29. The number of amides is 1. The summed E-state index contributed by atoms with van der Waals surface area (Å²) in [5, 5.41) is 3.23. The Morgan fingerprint density at radius 1 is 1.00 bits per heavy atom. The van der Waals surface area contributed by atoms with Crippen molar-refractivity contribution in [2.45, 2.75) is 26.7 Å². The first-order valence-electron chi connectivity index (χ1n) is 9.85. The van der Waals surface area contributed by atoms with Crippen LogP contribution in [0, 0.1) is 5.82 Å². The molecule has 0 atom stereocenters. The van der Waals surface area contributed by atoms with Crippen molar-refractivity contribution in [3.8, 4) is 11.3 Å². The summed E-state index contributed by atoms with van der Waals surface area (Å²) >= 11 is 0. The van der Waals surface area contributed by atoms with Gasteiger partial charge in [-0.1, -0.05) is 19.9 Å². The van der Waals surface area contributed by atoms with Crippen LogP contribution in [0.5, 0.6) is 0 Å². The Bertz CT molecular complexity index is 953. The third kappa shape index (κ3) is 5.38. The van der Waals surface area contributed by atoms with Gasteiger partial charge in [-0.15, -0.1) is 0 Å². The van der Waals surface area contributed by atoms with Crippen LogP contribution in [-0.4, -0.2) is 33.9 Å². The van der Waals surface area contributed by atoms with Gasteiger partial charge in [-0.2, -0.15) is 0 Å². The third-order valence-electron chi connectivity index (χ3n) is 4.46. The molecule has 1 amide bonds. The van der Waals surface area contributed by atoms with Crippen molar-refractivity contribution in [1.82, 2.24) is 14.9 Å². The fourth-order valence-corrected chi connectivity index (χ4v) is 3.12. The highest BCUT2D eigenvalue weighted by Gasteiger charge is 2.14. The van der Waals surface area contributed by atoms with E-state index in [1.54, 1.807) is 18.2 Å². The number of anilines is 2. The number of carbonyl (C=O) groups excluding carboxylic acids is 1. The van der Waals surface area contributed by atoms with Crippen LogP contribution in [0.1, 0.15) is 37.0 Å². The molecule has 0 unspecified atom stereocenters. The van der Waals surface area contributed by atoms with Crippen molar-refractivity contribution in [2.24, 2.45) is 0 Å². The third-order valence-corrected chi connectivity index (χ3v) is 4.46. The Morgan fingerprint density at radius 3 is 2.41 bits per heavy atom. The maximum Gasteiger partial charge on any atom is 0.253 e. The Morgan fingerprint density at radius 2 is 1.72 bits per heavy atom. The largest absolute Gasteiger partial charge is 0.340 e. The summed E-state index contributed by atoms with van der Waals surface area (Å²) in [6, 6.07) is 15.4. The zero-order valence-corrected chi connectivity index (χ0v) is 16.7. The van der Waals surface area contributed by atoms with Crippen molar-refractivity contribution >= 4 is 17.4 Å². The van der Waals surface area contributed by atoms with Gasteiger partial charge in [0, 0.05) is 36.0 Å². The van der Waals surface area contributed by atoms with Gasteiger partial charge < -0.3 is 10.2 Å². The van der Waals surface area contributed by atoms with Gasteiger partial charge in [0.05, 0.1) is 5.69 Å². The molecule has 6 heteroatoms. The molecule has 0 aliphatic heterocycles. The van der Waals surface area contributed by atoms with E-state index in [9.17, 15) is 9.18 Å². The van der Waals surface area contributed by atoms with Crippen molar-refractivity contribution in [3.05, 3.63) is 72.3 Å². The zero-order valence-electron chi connectivity index (χ0n) is 16.7. The number of rotatable bonds is 8. The van der Waals surface area contributed by atoms with E-state index >= 15 is 0 Å². The van der Waals surface area contributed by atoms with Gasteiger partial charge in [0.2, 0.25) is 0 Å². The van der Waals surface area contributed by atoms with E-state index in [2.05, 4.69) is 29.1 Å². The average Bonchev–Trinajstić information content (AvgIpc) is 2.74. The van der Waals surface area contributed by atoms with Crippen LogP contribution in [0.15, 0.2) is 60.9 Å². The number of hydrogen-bond acceptors (Lipinski definition) is 4. The van der Waals surface area contributed by atoms with E-state index in [0.29, 0.717) is 17.1 Å². The molecule has 1 N–H and O–H groups in total. The van der Waals surface area contributed by atoms with E-state index in [1.165, 1.54) is 18.5 Å². The van der Waals surface area contributed by atoms with E-state index in [-0.39, 0.29) is 11.7 Å². The minimum atomic E-state index is -0.289. The molecule has 0 saturated carbocycles. The van der Waals surface area contributed by atoms with Crippen LogP contribution in [0.3, 0.4) is 0 Å². The van der Waals surface area contributed by atoms with Crippen LogP contribution in [0.2, 0.25) is 0 Å². The second-order valence-corrected chi connectivity index (χ2v) is 6.79. The molecule has 2 aromatic carbocycles. The van der Waals surface area contributed by atoms with E-state index < -0.39 is 0 Å². The topological polar surface area (TPSA) is 58.1 Å². The first-order chi connectivity index (χ1) is 14.1. The van der Waals surface area contributed by atoms with Crippen LogP contribution in [0.4, 0.5) is 15.9 Å². The summed E-state index contributed by atoms with van der Waals surface area (Å²) in [6.07, 6.45) is 3.31. The molecule has 0 spiro atoms. The van der Waals surface area contributed by atoms with Crippen LogP contribution in [0.25, 0.3) is 11.3 Å². The highest BCUT2D eigenvalue weighted by molar-refractivity contribution is 5.95. The van der Waals surface area contributed by atoms with Crippen molar-refractivity contribution in [3.63, 3.8) is 0 Å². The first-order valence-corrected chi connectivity index (χ1v) is 9.85. The smallest absolute Gasteiger partial charge is 0.253 e. The number of halogens is 1. The lowest BCUT2D eigenvalue weighted by Crippen LogP contribution is -2.32. The molecule has 0 radical (unpaired) electrons. The van der Waals surface area contributed by atoms with Gasteiger partial charge in [-0.05, 0) is 55.3 Å². The molecule has 1 aromatic heterocycles.